The molecule has 0 saturated heterocycles. The number of benzene rings is 2. The zero-order valence-corrected chi connectivity index (χ0v) is 10.1. The minimum atomic E-state index is 0.741. The Kier molecular flexibility index (Phi) is 2.41. The van der Waals surface area contributed by atoms with Crippen molar-refractivity contribution in [2.45, 2.75) is 6.92 Å². The maximum absolute atomic E-state index is 5.95. The van der Waals surface area contributed by atoms with Crippen molar-refractivity contribution in [3.8, 4) is 0 Å². The van der Waals surface area contributed by atoms with Crippen LogP contribution in [0, 0.1) is 6.92 Å². The van der Waals surface area contributed by atoms with Gasteiger partial charge in [-0.2, -0.15) is 0 Å². The van der Waals surface area contributed by atoms with E-state index in [2.05, 4.69) is 15.3 Å². The van der Waals surface area contributed by atoms with E-state index in [-0.39, 0.29) is 0 Å². The third kappa shape index (κ3) is 1.88. The van der Waals surface area contributed by atoms with E-state index in [1.165, 1.54) is 5.56 Å². The van der Waals surface area contributed by atoms with Crippen molar-refractivity contribution in [2.24, 2.45) is 0 Å². The second-order valence-corrected chi connectivity index (χ2v) is 4.35. The summed E-state index contributed by atoms with van der Waals surface area (Å²) in [6.45, 7) is 2.04. The predicted octanol–water partition coefficient (Wildman–Crippen LogP) is 3.20. The topological polar surface area (TPSA) is 66.7 Å². The van der Waals surface area contributed by atoms with Crippen LogP contribution in [0.2, 0.25) is 0 Å². The minimum absolute atomic E-state index is 0.741. The molecule has 0 fully saturated rings. The number of H-pyrrole nitrogens is 1. The van der Waals surface area contributed by atoms with E-state index in [0.717, 1.165) is 28.1 Å². The first-order valence-corrected chi connectivity index (χ1v) is 5.79. The van der Waals surface area contributed by atoms with E-state index in [1.807, 2.05) is 43.3 Å². The lowest BCUT2D eigenvalue weighted by molar-refractivity contribution is 1.34. The largest absolute Gasteiger partial charge is 0.397 e. The maximum Gasteiger partial charge on any atom is 0.0931 e. The fraction of sp³-hybridized carbons (Fsp3) is 0.0714. The van der Waals surface area contributed by atoms with Crippen LogP contribution in [0.3, 0.4) is 0 Å². The number of nitrogens with two attached hydrogens (primary N) is 1. The molecule has 1 heterocycles. The van der Waals surface area contributed by atoms with Gasteiger partial charge < -0.3 is 16.0 Å². The second-order valence-electron chi connectivity index (χ2n) is 4.35. The van der Waals surface area contributed by atoms with Gasteiger partial charge in [-0.3, -0.25) is 0 Å². The molecule has 0 saturated carbocycles. The highest BCUT2D eigenvalue weighted by molar-refractivity contribution is 5.82. The molecule has 0 bridgehead atoms. The Morgan fingerprint density at radius 3 is 2.94 bits per heavy atom. The Hall–Kier alpha value is -2.49. The molecule has 4 nitrogen and oxygen atoms in total. The van der Waals surface area contributed by atoms with Crippen molar-refractivity contribution in [2.75, 3.05) is 11.1 Å². The average molecular weight is 238 g/mol. The van der Waals surface area contributed by atoms with Crippen molar-refractivity contribution in [3.63, 3.8) is 0 Å². The summed E-state index contributed by atoms with van der Waals surface area (Å²) in [6, 6.07) is 11.9. The molecule has 0 unspecified atom stereocenters. The number of aryl methyl sites for hydroxylation is 1. The smallest absolute Gasteiger partial charge is 0.0931 e. The number of imidazole rings is 1. The number of nitrogens with one attached hydrogen (secondary N) is 2. The van der Waals surface area contributed by atoms with Gasteiger partial charge in [-0.15, -0.1) is 0 Å². The highest BCUT2D eigenvalue weighted by atomic mass is 14.9. The Labute approximate surface area is 105 Å². The molecule has 90 valence electrons. The van der Waals surface area contributed by atoms with Crippen molar-refractivity contribution in [1.82, 2.24) is 9.97 Å². The van der Waals surface area contributed by atoms with Crippen molar-refractivity contribution in [3.05, 3.63) is 48.3 Å². The molecule has 4 heteroatoms. The normalized spacial score (nSPS) is 10.7. The molecule has 0 atom stereocenters. The van der Waals surface area contributed by atoms with Crippen LogP contribution in [-0.2, 0) is 0 Å². The third-order valence-electron chi connectivity index (χ3n) is 2.91. The average Bonchev–Trinajstić information content (AvgIpc) is 2.81. The van der Waals surface area contributed by atoms with Crippen LogP contribution in [0.4, 0.5) is 17.1 Å². The molecule has 0 spiro atoms. The lowest BCUT2D eigenvalue weighted by Gasteiger charge is -2.10. The summed E-state index contributed by atoms with van der Waals surface area (Å²) >= 11 is 0. The Morgan fingerprint density at radius 2 is 2.06 bits per heavy atom. The molecular weight excluding hydrogens is 224 g/mol. The van der Waals surface area contributed by atoms with Crippen molar-refractivity contribution < 1.29 is 0 Å². The van der Waals surface area contributed by atoms with Crippen LogP contribution in [0.1, 0.15) is 5.56 Å². The van der Waals surface area contributed by atoms with Crippen molar-refractivity contribution >= 4 is 28.1 Å². The summed E-state index contributed by atoms with van der Waals surface area (Å²) in [7, 11) is 0. The van der Waals surface area contributed by atoms with Gasteiger partial charge in [-0.05, 0) is 42.8 Å². The van der Waals surface area contributed by atoms with Gasteiger partial charge >= 0.3 is 0 Å². The summed E-state index contributed by atoms with van der Waals surface area (Å²) < 4.78 is 0. The third-order valence-corrected chi connectivity index (χ3v) is 2.91. The monoisotopic (exact) mass is 238 g/mol. The van der Waals surface area contributed by atoms with Gasteiger partial charge in [0.1, 0.15) is 0 Å². The summed E-state index contributed by atoms with van der Waals surface area (Å²) in [4.78, 5) is 7.28. The lowest BCUT2D eigenvalue weighted by atomic mass is 10.2. The number of hydrogen-bond acceptors (Lipinski definition) is 3. The van der Waals surface area contributed by atoms with Gasteiger partial charge in [0.25, 0.3) is 0 Å². The van der Waals surface area contributed by atoms with Gasteiger partial charge in [-0.1, -0.05) is 6.07 Å². The quantitative estimate of drug-likeness (QED) is 0.600. The molecule has 3 rings (SSSR count). The first-order chi connectivity index (χ1) is 8.72. The number of aromatic amines is 1. The van der Waals surface area contributed by atoms with Gasteiger partial charge in [0.2, 0.25) is 0 Å². The molecule has 4 N–H and O–H groups in total. The van der Waals surface area contributed by atoms with Gasteiger partial charge in [0.15, 0.2) is 0 Å². The Morgan fingerprint density at radius 1 is 1.17 bits per heavy atom. The number of anilines is 3. The number of aromatic nitrogens is 2. The summed E-state index contributed by atoms with van der Waals surface area (Å²) in [5.74, 6) is 0. The molecule has 0 aliphatic heterocycles. The fourth-order valence-corrected chi connectivity index (χ4v) is 1.95. The minimum Gasteiger partial charge on any atom is -0.397 e. The SMILES string of the molecule is Cc1ccc(N)c(Nc2ccc3nc[nH]c3c2)c1. The van der Waals surface area contributed by atoms with Gasteiger partial charge in [-0.25, -0.2) is 4.98 Å². The van der Waals surface area contributed by atoms with Crippen LogP contribution >= 0.6 is 0 Å². The lowest BCUT2D eigenvalue weighted by Crippen LogP contribution is -1.96. The molecule has 0 aliphatic rings. The zero-order valence-electron chi connectivity index (χ0n) is 10.1. The molecule has 1 aromatic heterocycles. The fourth-order valence-electron chi connectivity index (χ4n) is 1.95. The molecule has 3 aromatic rings. The number of hydrogen-bond donors (Lipinski definition) is 3. The first kappa shape index (κ1) is 10.7. The molecule has 0 radical (unpaired) electrons. The Bertz CT molecular complexity index is 700. The molecule has 0 amide bonds. The standard InChI is InChI=1S/C14H14N4/c1-9-2-4-11(15)13(6-9)18-10-3-5-12-14(7-10)17-8-16-12/h2-8,18H,15H2,1H3,(H,16,17). The highest BCUT2D eigenvalue weighted by Crippen LogP contribution is 2.25. The predicted molar refractivity (Wildman–Crippen MR) is 75.0 cm³/mol. The zero-order chi connectivity index (χ0) is 12.5. The molecule has 0 aliphatic carbocycles. The van der Waals surface area contributed by atoms with E-state index >= 15 is 0 Å². The van der Waals surface area contributed by atoms with Crippen LogP contribution in [0.25, 0.3) is 11.0 Å². The van der Waals surface area contributed by atoms with E-state index in [9.17, 15) is 0 Å². The highest BCUT2D eigenvalue weighted by Gasteiger charge is 2.02. The van der Waals surface area contributed by atoms with Crippen LogP contribution in [-0.4, -0.2) is 9.97 Å². The van der Waals surface area contributed by atoms with E-state index in [4.69, 9.17) is 5.73 Å². The number of nitrogen functional groups attached to an aromatic ring is 1. The van der Waals surface area contributed by atoms with Crippen molar-refractivity contribution in [1.29, 1.82) is 0 Å². The summed E-state index contributed by atoms with van der Waals surface area (Å²) in [5.41, 5.74) is 11.7. The van der Waals surface area contributed by atoms with Crippen LogP contribution in [0.15, 0.2) is 42.7 Å². The number of rotatable bonds is 2. The van der Waals surface area contributed by atoms with E-state index in [1.54, 1.807) is 6.33 Å². The maximum atomic E-state index is 5.95. The first-order valence-electron chi connectivity index (χ1n) is 5.79. The van der Waals surface area contributed by atoms with Gasteiger partial charge in [0.05, 0.1) is 28.7 Å². The number of nitrogens with zero attached hydrogens (tertiary/aromatic N) is 1. The molecular formula is C14H14N4. The van der Waals surface area contributed by atoms with Crippen LogP contribution < -0.4 is 11.1 Å². The van der Waals surface area contributed by atoms with E-state index < -0.39 is 0 Å². The second kappa shape index (κ2) is 4.07. The van der Waals surface area contributed by atoms with Crippen LogP contribution in [0.5, 0.6) is 0 Å². The number of fused-ring (bicyclic) bond motifs is 1. The van der Waals surface area contributed by atoms with Gasteiger partial charge in [0, 0.05) is 5.69 Å². The van der Waals surface area contributed by atoms with E-state index in [0.29, 0.717) is 0 Å². The molecule has 18 heavy (non-hydrogen) atoms. The summed E-state index contributed by atoms with van der Waals surface area (Å²) in [6.07, 6.45) is 1.69. The summed E-state index contributed by atoms with van der Waals surface area (Å²) in [5, 5.41) is 3.32. The molecule has 2 aromatic carbocycles. The Balaban J connectivity index is 1.97.